The van der Waals surface area contributed by atoms with Crippen LogP contribution in [-0.2, 0) is 0 Å². The monoisotopic (exact) mass is 402 g/mol. The van der Waals surface area contributed by atoms with E-state index in [4.69, 9.17) is 11.1 Å². The summed E-state index contributed by atoms with van der Waals surface area (Å²) in [6.07, 6.45) is 4.33. The summed E-state index contributed by atoms with van der Waals surface area (Å²) >= 11 is 1.34. The number of rotatable bonds is 7. The molecule has 0 bridgehead atoms. The zero-order valence-corrected chi connectivity index (χ0v) is 16.6. The molecule has 1 aromatic heterocycles. The van der Waals surface area contributed by atoms with Crippen molar-refractivity contribution in [2.45, 2.75) is 38.1 Å². The lowest BCUT2D eigenvalue weighted by Crippen LogP contribution is -2.45. The maximum absolute atomic E-state index is 12.9. The van der Waals surface area contributed by atoms with E-state index in [9.17, 15) is 9.59 Å². The Morgan fingerprint density at radius 2 is 2.00 bits per heavy atom. The van der Waals surface area contributed by atoms with Crippen LogP contribution >= 0.6 is 11.3 Å². The maximum atomic E-state index is 12.9. The normalized spacial score (nSPS) is 15.2. The number of amides is 2. The van der Waals surface area contributed by atoms with E-state index in [0.29, 0.717) is 24.4 Å². The third-order valence-corrected chi connectivity index (χ3v) is 5.79. The molecule has 2 aromatic rings. The molecule has 28 heavy (non-hydrogen) atoms. The molecule has 1 aromatic carbocycles. The molecule has 0 spiro atoms. The summed E-state index contributed by atoms with van der Waals surface area (Å²) in [4.78, 5) is 31.2. The first kappa shape index (κ1) is 20.1. The van der Waals surface area contributed by atoms with Crippen molar-refractivity contribution < 1.29 is 9.59 Å². The third kappa shape index (κ3) is 5.19. The number of ketones is 1. The number of piperidine rings is 1. The molecule has 2 amide bonds. The quantitative estimate of drug-likeness (QED) is 0.245. The fraction of sp³-hybridized carbons (Fsp3) is 0.474. The Balaban J connectivity index is 1.54. The number of hydrogen-bond acceptors (Lipinski definition) is 5. The minimum atomic E-state index is -0.634. The van der Waals surface area contributed by atoms with Crippen molar-refractivity contribution in [2.75, 3.05) is 19.6 Å². The predicted octanol–water partition coefficient (Wildman–Crippen LogP) is 2.31. The van der Waals surface area contributed by atoms with Gasteiger partial charge in [-0.3, -0.25) is 10.2 Å². The van der Waals surface area contributed by atoms with E-state index >= 15 is 0 Å². The Morgan fingerprint density at radius 3 is 2.71 bits per heavy atom. The SMILES string of the molecule is N=C(N)NC(CCCNC(=O)N1CCCCC1)C(=O)c1nc2ccccc2s1. The van der Waals surface area contributed by atoms with Crippen molar-refractivity contribution in [3.05, 3.63) is 29.3 Å². The second-order valence-electron chi connectivity index (χ2n) is 6.88. The number of thiazole rings is 1. The van der Waals surface area contributed by atoms with Crippen LogP contribution in [0.2, 0.25) is 0 Å². The van der Waals surface area contributed by atoms with Gasteiger partial charge in [0, 0.05) is 19.6 Å². The van der Waals surface area contributed by atoms with Gasteiger partial charge in [-0.15, -0.1) is 11.3 Å². The van der Waals surface area contributed by atoms with Gasteiger partial charge < -0.3 is 21.3 Å². The van der Waals surface area contributed by atoms with E-state index < -0.39 is 6.04 Å². The zero-order valence-electron chi connectivity index (χ0n) is 15.7. The molecule has 0 radical (unpaired) electrons. The van der Waals surface area contributed by atoms with Crippen molar-refractivity contribution in [1.29, 1.82) is 5.41 Å². The van der Waals surface area contributed by atoms with Crippen molar-refractivity contribution in [3.63, 3.8) is 0 Å². The lowest BCUT2D eigenvalue weighted by molar-refractivity contribution is 0.0946. The van der Waals surface area contributed by atoms with Crippen LogP contribution < -0.4 is 16.4 Å². The predicted molar refractivity (Wildman–Crippen MR) is 111 cm³/mol. The molecular weight excluding hydrogens is 376 g/mol. The van der Waals surface area contributed by atoms with Crippen LogP contribution in [0.3, 0.4) is 0 Å². The molecule has 1 atom stereocenters. The fourth-order valence-electron chi connectivity index (χ4n) is 3.29. The minimum absolute atomic E-state index is 0.0479. The van der Waals surface area contributed by atoms with E-state index in [1.807, 2.05) is 29.2 Å². The smallest absolute Gasteiger partial charge is 0.317 e. The highest BCUT2D eigenvalue weighted by atomic mass is 32.1. The number of likely N-dealkylation sites (tertiary alicyclic amines) is 1. The molecule has 0 aliphatic carbocycles. The Labute approximate surface area is 168 Å². The van der Waals surface area contributed by atoms with Crippen LogP contribution in [0, 0.1) is 5.41 Å². The molecule has 1 aliphatic heterocycles. The summed E-state index contributed by atoms with van der Waals surface area (Å²) in [6, 6.07) is 6.90. The van der Waals surface area contributed by atoms with Gasteiger partial charge in [0.1, 0.15) is 0 Å². The summed E-state index contributed by atoms with van der Waals surface area (Å²) in [5.74, 6) is -0.435. The van der Waals surface area contributed by atoms with Gasteiger partial charge >= 0.3 is 6.03 Å². The number of guanidine groups is 1. The van der Waals surface area contributed by atoms with Gasteiger partial charge in [-0.2, -0.15) is 0 Å². The van der Waals surface area contributed by atoms with Crippen LogP contribution in [0.1, 0.15) is 41.9 Å². The van der Waals surface area contributed by atoms with E-state index in [2.05, 4.69) is 15.6 Å². The van der Waals surface area contributed by atoms with Crippen LogP contribution in [0.15, 0.2) is 24.3 Å². The number of nitrogens with two attached hydrogens (primary N) is 1. The molecule has 2 heterocycles. The van der Waals surface area contributed by atoms with Crippen LogP contribution in [0.4, 0.5) is 4.79 Å². The standard InChI is InChI=1S/C19H26N6O2S/c20-18(21)24-14(8-6-10-22-19(27)25-11-4-1-5-12-25)16(26)17-23-13-7-2-3-9-15(13)28-17/h2-3,7,9,14H,1,4-6,8,10-12H2,(H,22,27)(H4,20,21,24). The Kier molecular flexibility index (Phi) is 6.80. The summed E-state index contributed by atoms with van der Waals surface area (Å²) < 4.78 is 0.946. The number of para-hydroxylation sites is 1. The van der Waals surface area contributed by atoms with Gasteiger partial charge in [0.25, 0.3) is 0 Å². The van der Waals surface area contributed by atoms with E-state index in [0.717, 1.165) is 36.1 Å². The van der Waals surface area contributed by atoms with Crippen molar-refractivity contribution in [1.82, 2.24) is 20.5 Å². The number of carbonyl (C=O) groups excluding carboxylic acids is 2. The van der Waals surface area contributed by atoms with Crippen LogP contribution in [-0.4, -0.2) is 53.3 Å². The number of benzene rings is 1. The second-order valence-corrected chi connectivity index (χ2v) is 7.91. The summed E-state index contributed by atoms with van der Waals surface area (Å²) in [5, 5.41) is 13.5. The maximum Gasteiger partial charge on any atom is 0.317 e. The first-order valence-electron chi connectivity index (χ1n) is 9.57. The van der Waals surface area contributed by atoms with Crippen molar-refractivity contribution in [3.8, 4) is 0 Å². The number of aromatic nitrogens is 1. The average molecular weight is 403 g/mol. The highest BCUT2D eigenvalue weighted by Gasteiger charge is 2.24. The molecular formula is C19H26N6O2S. The Hall–Kier alpha value is -2.68. The number of fused-ring (bicyclic) bond motifs is 1. The molecule has 150 valence electrons. The molecule has 9 heteroatoms. The number of nitrogens with one attached hydrogen (secondary N) is 3. The highest BCUT2D eigenvalue weighted by molar-refractivity contribution is 7.20. The molecule has 5 N–H and O–H groups in total. The number of urea groups is 1. The van der Waals surface area contributed by atoms with Crippen molar-refractivity contribution >= 4 is 39.3 Å². The zero-order chi connectivity index (χ0) is 19.9. The van der Waals surface area contributed by atoms with Gasteiger partial charge in [-0.1, -0.05) is 12.1 Å². The van der Waals surface area contributed by atoms with E-state index in [1.54, 1.807) is 0 Å². The molecule has 8 nitrogen and oxygen atoms in total. The summed E-state index contributed by atoms with van der Waals surface area (Å²) in [7, 11) is 0. The Morgan fingerprint density at radius 1 is 1.25 bits per heavy atom. The molecule has 1 fully saturated rings. The molecule has 1 unspecified atom stereocenters. The van der Waals surface area contributed by atoms with Gasteiger partial charge in [-0.05, 0) is 44.2 Å². The highest BCUT2D eigenvalue weighted by Crippen LogP contribution is 2.23. The van der Waals surface area contributed by atoms with Gasteiger partial charge in [0.15, 0.2) is 11.0 Å². The number of hydrogen-bond donors (Lipinski definition) is 4. The molecule has 1 aliphatic rings. The number of carbonyl (C=O) groups is 2. The lowest BCUT2D eigenvalue weighted by Gasteiger charge is -2.27. The number of nitrogens with zero attached hydrogens (tertiary/aromatic N) is 2. The van der Waals surface area contributed by atoms with E-state index in [1.165, 1.54) is 17.8 Å². The fourth-order valence-corrected chi connectivity index (χ4v) is 4.25. The van der Waals surface area contributed by atoms with Crippen LogP contribution in [0.25, 0.3) is 10.2 Å². The van der Waals surface area contributed by atoms with Gasteiger partial charge in [0.2, 0.25) is 5.78 Å². The summed E-state index contributed by atoms with van der Waals surface area (Å²) in [5.41, 5.74) is 6.24. The molecule has 3 rings (SSSR count). The van der Waals surface area contributed by atoms with E-state index in [-0.39, 0.29) is 17.8 Å². The first-order chi connectivity index (χ1) is 13.5. The van der Waals surface area contributed by atoms with Gasteiger partial charge in [-0.25, -0.2) is 9.78 Å². The van der Waals surface area contributed by atoms with Crippen LogP contribution in [0.5, 0.6) is 0 Å². The summed E-state index contributed by atoms with van der Waals surface area (Å²) in [6.45, 7) is 2.07. The number of Topliss-reactive ketones (excluding diaryl/α,β-unsaturated/α-hetero) is 1. The lowest BCUT2D eigenvalue weighted by atomic mass is 10.1. The first-order valence-corrected chi connectivity index (χ1v) is 10.4. The second kappa shape index (κ2) is 9.50. The van der Waals surface area contributed by atoms with Gasteiger partial charge in [0.05, 0.1) is 16.3 Å². The Bertz CT molecular complexity index is 813. The molecule has 0 saturated carbocycles. The third-order valence-electron chi connectivity index (χ3n) is 4.74. The minimum Gasteiger partial charge on any atom is -0.370 e. The largest absolute Gasteiger partial charge is 0.370 e. The van der Waals surface area contributed by atoms with Crippen molar-refractivity contribution in [2.24, 2.45) is 5.73 Å². The molecule has 1 saturated heterocycles. The topological polar surface area (TPSA) is 124 Å². The average Bonchev–Trinajstić information content (AvgIpc) is 3.14.